The third-order valence-corrected chi connectivity index (χ3v) is 4.78. The molecule has 0 aromatic heterocycles. The third-order valence-electron chi connectivity index (χ3n) is 3.82. The fraction of sp³-hybridized carbons (Fsp3) is 0.467. The maximum Gasteiger partial charge on any atom is 0.314 e. The van der Waals surface area contributed by atoms with Gasteiger partial charge in [0.2, 0.25) is 0 Å². The molecule has 1 aliphatic heterocycles. The van der Waals surface area contributed by atoms with E-state index in [1.807, 2.05) is 24.0 Å². The zero-order valence-corrected chi connectivity index (χ0v) is 14.9. The van der Waals surface area contributed by atoms with Crippen molar-refractivity contribution in [3.05, 3.63) is 34.9 Å². The first-order valence-electron chi connectivity index (χ1n) is 6.76. The van der Waals surface area contributed by atoms with Crippen LogP contribution in [0.2, 0.25) is 5.02 Å². The van der Waals surface area contributed by atoms with Crippen LogP contribution in [0.5, 0.6) is 0 Å². The number of halogens is 2. The summed E-state index contributed by atoms with van der Waals surface area (Å²) in [5, 5.41) is 0.592. The quantitative estimate of drug-likeness (QED) is 0.659. The summed E-state index contributed by atoms with van der Waals surface area (Å²) in [6, 6.07) is 7.25. The molecule has 1 heterocycles. The smallest absolute Gasteiger partial charge is 0.314 e. The Bertz CT molecular complexity index is 566. The fourth-order valence-corrected chi connectivity index (χ4v) is 2.98. The van der Waals surface area contributed by atoms with E-state index in [-0.39, 0.29) is 18.4 Å². The summed E-state index contributed by atoms with van der Waals surface area (Å²) >= 11 is 11.4. The standard InChI is InChI=1S/C15H19ClN2O2S.ClH/c1-15(17)6-7-18(14(15)21)9-12(13(19)20-2)10-4-3-5-11(16)8-10;/h3-5,8,12H,6-7,9,17H2,1-2H3;1H. The summed E-state index contributed by atoms with van der Waals surface area (Å²) in [5.41, 5.74) is 6.48. The number of hydrogen-bond acceptors (Lipinski definition) is 4. The summed E-state index contributed by atoms with van der Waals surface area (Å²) in [7, 11) is 1.38. The van der Waals surface area contributed by atoms with Gasteiger partial charge in [-0.25, -0.2) is 0 Å². The van der Waals surface area contributed by atoms with E-state index in [4.69, 9.17) is 34.3 Å². The van der Waals surface area contributed by atoms with Gasteiger partial charge in [-0.15, -0.1) is 12.4 Å². The number of carbonyl (C=O) groups excluding carboxylic acids is 1. The lowest BCUT2D eigenvalue weighted by Crippen LogP contribution is -2.45. The van der Waals surface area contributed by atoms with Crippen LogP contribution in [0, 0.1) is 0 Å². The SMILES string of the molecule is COC(=O)C(CN1CCC(C)(N)C1=S)c1cccc(Cl)c1.Cl. The molecule has 1 aliphatic rings. The van der Waals surface area contributed by atoms with Gasteiger partial charge < -0.3 is 15.4 Å². The number of likely N-dealkylation sites (tertiary alicyclic amines) is 1. The van der Waals surface area contributed by atoms with Gasteiger partial charge in [0.05, 0.1) is 23.6 Å². The molecule has 0 amide bonds. The Morgan fingerprint density at radius 3 is 2.77 bits per heavy atom. The van der Waals surface area contributed by atoms with E-state index in [2.05, 4.69) is 0 Å². The van der Waals surface area contributed by atoms with Gasteiger partial charge in [-0.3, -0.25) is 4.79 Å². The van der Waals surface area contributed by atoms with E-state index in [0.29, 0.717) is 16.6 Å². The molecule has 1 aromatic carbocycles. The molecule has 22 heavy (non-hydrogen) atoms. The monoisotopic (exact) mass is 362 g/mol. The van der Waals surface area contributed by atoms with Gasteiger partial charge in [0, 0.05) is 18.1 Å². The van der Waals surface area contributed by atoms with Crippen molar-refractivity contribution in [2.45, 2.75) is 24.8 Å². The summed E-state index contributed by atoms with van der Waals surface area (Å²) in [6.45, 7) is 3.13. The van der Waals surface area contributed by atoms with Gasteiger partial charge in [-0.2, -0.15) is 0 Å². The van der Waals surface area contributed by atoms with Crippen molar-refractivity contribution >= 4 is 47.2 Å². The molecule has 4 nitrogen and oxygen atoms in total. The first-order chi connectivity index (χ1) is 9.85. The van der Waals surface area contributed by atoms with Gasteiger partial charge in [-0.1, -0.05) is 36.0 Å². The predicted octanol–water partition coefficient (Wildman–Crippen LogP) is 2.77. The van der Waals surface area contributed by atoms with Crippen LogP contribution in [0.3, 0.4) is 0 Å². The van der Waals surface area contributed by atoms with Crippen LogP contribution >= 0.6 is 36.2 Å². The van der Waals surface area contributed by atoms with E-state index in [0.717, 1.165) is 18.5 Å². The second-order valence-electron chi connectivity index (χ2n) is 5.55. The lowest BCUT2D eigenvalue weighted by atomic mass is 9.98. The van der Waals surface area contributed by atoms with E-state index in [1.165, 1.54) is 7.11 Å². The minimum Gasteiger partial charge on any atom is -0.468 e. The van der Waals surface area contributed by atoms with E-state index in [9.17, 15) is 4.79 Å². The number of hydrogen-bond donors (Lipinski definition) is 1. The second-order valence-corrected chi connectivity index (χ2v) is 6.37. The van der Waals surface area contributed by atoms with E-state index in [1.54, 1.807) is 12.1 Å². The predicted molar refractivity (Wildman–Crippen MR) is 94.8 cm³/mol. The zero-order chi connectivity index (χ0) is 15.6. The van der Waals surface area contributed by atoms with Crippen LogP contribution in [0.15, 0.2) is 24.3 Å². The van der Waals surface area contributed by atoms with Gasteiger partial charge in [-0.05, 0) is 31.0 Å². The number of benzene rings is 1. The van der Waals surface area contributed by atoms with Crippen molar-refractivity contribution in [1.29, 1.82) is 0 Å². The molecular formula is C15H20Cl2N2O2S. The summed E-state index contributed by atoms with van der Waals surface area (Å²) < 4.78 is 4.92. The largest absolute Gasteiger partial charge is 0.468 e. The van der Waals surface area contributed by atoms with Crippen molar-refractivity contribution in [2.75, 3.05) is 20.2 Å². The number of methoxy groups -OCH3 is 1. The number of carbonyl (C=O) groups is 1. The van der Waals surface area contributed by atoms with Crippen LogP contribution in [-0.4, -0.2) is 41.6 Å². The van der Waals surface area contributed by atoms with Crippen molar-refractivity contribution < 1.29 is 9.53 Å². The second kappa shape index (κ2) is 7.59. The number of rotatable bonds is 4. The maximum absolute atomic E-state index is 12.1. The molecule has 1 saturated heterocycles. The van der Waals surface area contributed by atoms with Gasteiger partial charge in [0.1, 0.15) is 0 Å². The number of esters is 1. The molecule has 2 rings (SSSR count). The van der Waals surface area contributed by atoms with Crippen LogP contribution < -0.4 is 5.73 Å². The molecule has 1 fully saturated rings. The Labute approximate surface area is 147 Å². The van der Waals surface area contributed by atoms with Crippen LogP contribution in [0.4, 0.5) is 0 Å². The Balaban J connectivity index is 0.00000242. The molecule has 122 valence electrons. The lowest BCUT2D eigenvalue weighted by Gasteiger charge is -2.26. The Morgan fingerprint density at radius 2 is 2.27 bits per heavy atom. The summed E-state index contributed by atoms with van der Waals surface area (Å²) in [4.78, 5) is 14.8. The normalized spacial score (nSPS) is 22.2. The van der Waals surface area contributed by atoms with Gasteiger partial charge in [0.25, 0.3) is 0 Å². The average molecular weight is 363 g/mol. The van der Waals surface area contributed by atoms with E-state index < -0.39 is 11.5 Å². The van der Waals surface area contributed by atoms with Crippen molar-refractivity contribution in [1.82, 2.24) is 4.90 Å². The molecular weight excluding hydrogens is 343 g/mol. The first kappa shape index (κ1) is 19.2. The Kier molecular flexibility index (Phi) is 6.62. The zero-order valence-electron chi connectivity index (χ0n) is 12.5. The number of ether oxygens (including phenoxy) is 1. The number of nitrogens with zero attached hydrogens (tertiary/aromatic N) is 1. The van der Waals surface area contributed by atoms with Crippen LogP contribution in [-0.2, 0) is 9.53 Å². The average Bonchev–Trinajstić information content (AvgIpc) is 2.70. The Morgan fingerprint density at radius 1 is 1.59 bits per heavy atom. The fourth-order valence-electron chi connectivity index (χ4n) is 2.51. The minimum absolute atomic E-state index is 0. The molecule has 0 spiro atoms. The lowest BCUT2D eigenvalue weighted by molar-refractivity contribution is -0.142. The van der Waals surface area contributed by atoms with Gasteiger partial charge in [0.15, 0.2) is 0 Å². The van der Waals surface area contributed by atoms with Crippen molar-refractivity contribution in [2.24, 2.45) is 5.73 Å². The first-order valence-corrected chi connectivity index (χ1v) is 7.55. The number of nitrogens with two attached hydrogens (primary N) is 1. The highest BCUT2D eigenvalue weighted by molar-refractivity contribution is 7.80. The third kappa shape index (κ3) is 4.10. The van der Waals surface area contributed by atoms with Crippen LogP contribution in [0.25, 0.3) is 0 Å². The number of thiocarbonyl (C=S) groups is 1. The highest BCUT2D eigenvalue weighted by Crippen LogP contribution is 2.27. The van der Waals surface area contributed by atoms with Gasteiger partial charge >= 0.3 is 5.97 Å². The summed E-state index contributed by atoms with van der Waals surface area (Å²) in [6.07, 6.45) is 0.787. The maximum atomic E-state index is 12.1. The molecule has 0 bridgehead atoms. The van der Waals surface area contributed by atoms with E-state index >= 15 is 0 Å². The molecule has 2 unspecified atom stereocenters. The molecule has 0 radical (unpaired) electrons. The van der Waals surface area contributed by atoms with Crippen molar-refractivity contribution in [3.8, 4) is 0 Å². The Hall–Kier alpha value is -0.880. The molecule has 0 aliphatic carbocycles. The highest BCUT2D eigenvalue weighted by atomic mass is 35.5. The topological polar surface area (TPSA) is 55.6 Å². The highest BCUT2D eigenvalue weighted by Gasteiger charge is 2.37. The van der Waals surface area contributed by atoms with Crippen LogP contribution in [0.1, 0.15) is 24.8 Å². The molecule has 0 saturated carbocycles. The van der Waals surface area contributed by atoms with Crippen molar-refractivity contribution in [3.63, 3.8) is 0 Å². The minimum atomic E-state index is -0.482. The molecule has 7 heteroatoms. The molecule has 2 atom stereocenters. The summed E-state index contributed by atoms with van der Waals surface area (Å²) in [5.74, 6) is -0.730. The molecule has 2 N–H and O–H groups in total. The molecule has 1 aromatic rings.